The van der Waals surface area contributed by atoms with Crippen LogP contribution in [-0.2, 0) is 22.3 Å². The third-order valence-electron chi connectivity index (χ3n) is 2.25. The van der Waals surface area contributed by atoms with Crippen LogP contribution in [0.5, 0.6) is 0 Å². The van der Waals surface area contributed by atoms with Gasteiger partial charge >= 0.3 is 0 Å². The standard InChI is InChI=1S/C11H13N3O2S2/c12-18(15,16)8-9-1-3-10(4-2-9)14-7-11-13-5-6-17-11/h1-6,14H,7-8H2,(H2,12,15,16). The lowest BCUT2D eigenvalue weighted by Gasteiger charge is -2.05. The van der Waals surface area contributed by atoms with E-state index in [0.717, 1.165) is 10.7 Å². The molecule has 0 amide bonds. The van der Waals surface area contributed by atoms with Crippen LogP contribution in [0.25, 0.3) is 0 Å². The first-order valence-corrected chi connectivity index (χ1v) is 7.84. The Bertz CT molecular complexity index is 592. The highest BCUT2D eigenvalue weighted by molar-refractivity contribution is 7.88. The normalized spacial score (nSPS) is 11.4. The van der Waals surface area contributed by atoms with Gasteiger partial charge in [-0.2, -0.15) is 0 Å². The molecule has 5 nitrogen and oxygen atoms in total. The lowest BCUT2D eigenvalue weighted by atomic mass is 10.2. The Kier molecular flexibility index (Phi) is 3.95. The van der Waals surface area contributed by atoms with Crippen LogP contribution in [-0.4, -0.2) is 13.4 Å². The first-order chi connectivity index (χ1) is 8.53. The second kappa shape index (κ2) is 5.47. The molecule has 0 bridgehead atoms. The van der Waals surface area contributed by atoms with E-state index in [2.05, 4.69) is 10.3 Å². The highest BCUT2D eigenvalue weighted by Gasteiger charge is 2.04. The SMILES string of the molecule is NS(=O)(=O)Cc1ccc(NCc2nccs2)cc1. The number of nitrogens with one attached hydrogen (secondary N) is 1. The largest absolute Gasteiger partial charge is 0.379 e. The van der Waals surface area contributed by atoms with Gasteiger partial charge in [-0.25, -0.2) is 18.5 Å². The zero-order valence-corrected chi connectivity index (χ0v) is 11.2. The minimum Gasteiger partial charge on any atom is -0.379 e. The van der Waals surface area contributed by atoms with Crippen LogP contribution in [0.2, 0.25) is 0 Å². The molecule has 3 N–H and O–H groups in total. The van der Waals surface area contributed by atoms with Crippen molar-refractivity contribution in [1.29, 1.82) is 0 Å². The van der Waals surface area contributed by atoms with Crippen LogP contribution in [0, 0.1) is 0 Å². The zero-order chi connectivity index (χ0) is 13.0. The topological polar surface area (TPSA) is 85.1 Å². The molecule has 0 aliphatic heterocycles. The monoisotopic (exact) mass is 283 g/mol. The molecular weight excluding hydrogens is 270 g/mol. The maximum absolute atomic E-state index is 10.9. The Labute approximate surface area is 110 Å². The Morgan fingerprint density at radius 2 is 2.00 bits per heavy atom. The number of sulfonamides is 1. The fraction of sp³-hybridized carbons (Fsp3) is 0.182. The van der Waals surface area contributed by atoms with E-state index in [4.69, 9.17) is 5.14 Å². The third kappa shape index (κ3) is 4.10. The quantitative estimate of drug-likeness (QED) is 0.871. The summed E-state index contributed by atoms with van der Waals surface area (Å²) in [5.74, 6) is -0.139. The summed E-state index contributed by atoms with van der Waals surface area (Å²) in [5, 5.41) is 11.1. The number of hydrogen-bond donors (Lipinski definition) is 2. The lowest BCUT2D eigenvalue weighted by Crippen LogP contribution is -2.14. The predicted molar refractivity (Wildman–Crippen MR) is 72.7 cm³/mol. The Morgan fingerprint density at radius 3 is 2.56 bits per heavy atom. The average molecular weight is 283 g/mol. The molecule has 0 atom stereocenters. The van der Waals surface area contributed by atoms with Crippen molar-refractivity contribution in [3.8, 4) is 0 Å². The van der Waals surface area contributed by atoms with E-state index < -0.39 is 10.0 Å². The number of primary sulfonamides is 1. The highest BCUT2D eigenvalue weighted by atomic mass is 32.2. The smallest absolute Gasteiger partial charge is 0.213 e. The van der Waals surface area contributed by atoms with Gasteiger partial charge in [0, 0.05) is 17.3 Å². The molecule has 0 aliphatic rings. The number of nitrogens with two attached hydrogens (primary N) is 1. The van der Waals surface area contributed by atoms with E-state index in [9.17, 15) is 8.42 Å². The summed E-state index contributed by atoms with van der Waals surface area (Å²) in [6.07, 6.45) is 1.76. The Morgan fingerprint density at radius 1 is 1.28 bits per heavy atom. The van der Waals surface area contributed by atoms with Crippen LogP contribution in [0.15, 0.2) is 35.8 Å². The van der Waals surface area contributed by atoms with Gasteiger partial charge in [-0.1, -0.05) is 12.1 Å². The molecule has 18 heavy (non-hydrogen) atoms. The van der Waals surface area contributed by atoms with E-state index in [1.165, 1.54) is 0 Å². The van der Waals surface area contributed by atoms with Crippen LogP contribution >= 0.6 is 11.3 Å². The molecule has 1 aromatic carbocycles. The molecule has 0 saturated heterocycles. The van der Waals surface area contributed by atoms with Gasteiger partial charge in [0.1, 0.15) is 5.01 Å². The minimum atomic E-state index is -3.47. The number of benzene rings is 1. The summed E-state index contributed by atoms with van der Waals surface area (Å²) in [5.41, 5.74) is 1.60. The van der Waals surface area contributed by atoms with Gasteiger partial charge in [-0.05, 0) is 17.7 Å². The van der Waals surface area contributed by atoms with E-state index in [0.29, 0.717) is 12.1 Å². The summed E-state index contributed by atoms with van der Waals surface area (Å²) in [6, 6.07) is 7.14. The minimum absolute atomic E-state index is 0.139. The molecule has 0 spiro atoms. The fourth-order valence-corrected chi connectivity index (χ4v) is 2.68. The van der Waals surface area contributed by atoms with E-state index in [1.807, 2.05) is 17.5 Å². The first-order valence-electron chi connectivity index (χ1n) is 5.24. The van der Waals surface area contributed by atoms with Crippen molar-refractivity contribution >= 4 is 27.0 Å². The number of hydrogen-bond acceptors (Lipinski definition) is 5. The molecule has 2 aromatic rings. The van der Waals surface area contributed by atoms with Crippen molar-refractivity contribution in [1.82, 2.24) is 4.98 Å². The molecule has 0 saturated carbocycles. The molecular formula is C11H13N3O2S2. The second-order valence-electron chi connectivity index (χ2n) is 3.78. The lowest BCUT2D eigenvalue weighted by molar-refractivity contribution is 0.597. The van der Waals surface area contributed by atoms with Gasteiger partial charge in [-0.3, -0.25) is 0 Å². The van der Waals surface area contributed by atoms with Gasteiger partial charge in [-0.15, -0.1) is 11.3 Å². The average Bonchev–Trinajstić information content (AvgIpc) is 2.79. The van der Waals surface area contributed by atoms with Gasteiger partial charge in [0.25, 0.3) is 0 Å². The molecule has 0 aliphatic carbocycles. The predicted octanol–water partition coefficient (Wildman–Crippen LogP) is 1.54. The second-order valence-corrected chi connectivity index (χ2v) is 6.38. The highest BCUT2D eigenvalue weighted by Crippen LogP contribution is 2.13. The Hall–Kier alpha value is -1.44. The maximum atomic E-state index is 10.9. The number of aromatic nitrogens is 1. The number of anilines is 1. The van der Waals surface area contributed by atoms with Crippen LogP contribution < -0.4 is 10.5 Å². The third-order valence-corrected chi connectivity index (χ3v) is 3.76. The van der Waals surface area contributed by atoms with Gasteiger partial charge in [0.2, 0.25) is 10.0 Å². The molecule has 1 aromatic heterocycles. The Balaban J connectivity index is 1.95. The summed E-state index contributed by atoms with van der Waals surface area (Å²) < 4.78 is 21.8. The summed E-state index contributed by atoms with van der Waals surface area (Å²) in [4.78, 5) is 4.16. The van der Waals surface area contributed by atoms with Gasteiger partial charge in [0.15, 0.2) is 0 Å². The number of rotatable bonds is 5. The van der Waals surface area contributed by atoms with Crippen LogP contribution in [0.1, 0.15) is 10.6 Å². The molecule has 96 valence electrons. The molecule has 0 unspecified atom stereocenters. The van der Waals surface area contributed by atoms with Crippen molar-refractivity contribution in [2.24, 2.45) is 5.14 Å². The summed E-state index contributed by atoms with van der Waals surface area (Å²) in [6.45, 7) is 0.659. The molecule has 7 heteroatoms. The van der Waals surface area contributed by atoms with Crippen LogP contribution in [0.4, 0.5) is 5.69 Å². The summed E-state index contributed by atoms with van der Waals surface area (Å²) >= 11 is 1.58. The van der Waals surface area contributed by atoms with Crippen molar-refractivity contribution in [3.05, 3.63) is 46.4 Å². The van der Waals surface area contributed by atoms with E-state index >= 15 is 0 Å². The fourth-order valence-electron chi connectivity index (χ4n) is 1.47. The van der Waals surface area contributed by atoms with E-state index in [-0.39, 0.29) is 5.75 Å². The zero-order valence-electron chi connectivity index (χ0n) is 9.54. The van der Waals surface area contributed by atoms with Crippen LogP contribution in [0.3, 0.4) is 0 Å². The van der Waals surface area contributed by atoms with E-state index in [1.54, 1.807) is 29.7 Å². The number of thiazole rings is 1. The molecule has 0 radical (unpaired) electrons. The number of nitrogens with zero attached hydrogens (tertiary/aromatic N) is 1. The van der Waals surface area contributed by atoms with Gasteiger partial charge in [0.05, 0.1) is 12.3 Å². The summed E-state index contributed by atoms with van der Waals surface area (Å²) in [7, 11) is -3.47. The molecule has 0 fully saturated rings. The molecule has 2 rings (SSSR count). The van der Waals surface area contributed by atoms with Crippen molar-refractivity contribution in [3.63, 3.8) is 0 Å². The van der Waals surface area contributed by atoms with Crippen molar-refractivity contribution in [2.45, 2.75) is 12.3 Å². The maximum Gasteiger partial charge on any atom is 0.213 e. The molecule has 1 heterocycles. The van der Waals surface area contributed by atoms with Crippen molar-refractivity contribution in [2.75, 3.05) is 5.32 Å². The first kappa shape index (κ1) is 13.0. The van der Waals surface area contributed by atoms with Crippen molar-refractivity contribution < 1.29 is 8.42 Å². The van der Waals surface area contributed by atoms with Gasteiger partial charge < -0.3 is 5.32 Å².